The molecular weight excluding hydrogens is 278 g/mol. The first-order chi connectivity index (χ1) is 7.59. The molecule has 1 rings (SSSR count). The number of hydrogen-bond acceptors (Lipinski definition) is 3. The van der Waals surface area contributed by atoms with E-state index in [-0.39, 0.29) is 19.1 Å². The van der Waals surface area contributed by atoms with Gasteiger partial charge >= 0.3 is 0 Å². The van der Waals surface area contributed by atoms with Crippen LogP contribution in [0.15, 0.2) is 16.7 Å². The summed E-state index contributed by atoms with van der Waals surface area (Å²) in [5, 5.41) is 2.62. The van der Waals surface area contributed by atoms with Crippen LogP contribution in [-0.4, -0.2) is 36.6 Å². The third-order valence-electron chi connectivity index (χ3n) is 1.67. The summed E-state index contributed by atoms with van der Waals surface area (Å²) in [4.78, 5) is 24.6. The van der Waals surface area contributed by atoms with Crippen molar-refractivity contribution < 1.29 is 14.3 Å². The third kappa shape index (κ3) is 4.45. The highest BCUT2D eigenvalue weighted by molar-refractivity contribution is 9.10. The molecule has 7 heteroatoms. The number of nitrogens with two attached hydrogens (primary N) is 1. The number of carbonyl (C=O) groups excluding carboxylic acids is 2. The molecule has 0 aliphatic heterocycles. The summed E-state index contributed by atoms with van der Waals surface area (Å²) < 4.78 is 5.69. The second-order valence-corrected chi connectivity index (χ2v) is 3.92. The summed E-state index contributed by atoms with van der Waals surface area (Å²) in [6, 6.07) is 1.67. The van der Waals surface area contributed by atoms with Crippen molar-refractivity contribution in [2.75, 3.05) is 19.8 Å². The zero-order valence-electron chi connectivity index (χ0n) is 8.46. The highest BCUT2D eigenvalue weighted by atomic mass is 79.9. The normalized spacial score (nSPS) is 10.1. The van der Waals surface area contributed by atoms with Crippen molar-refractivity contribution in [3.05, 3.63) is 22.4 Å². The van der Waals surface area contributed by atoms with Crippen LogP contribution >= 0.6 is 15.9 Å². The molecule has 6 nitrogen and oxygen atoms in total. The number of halogens is 1. The quantitative estimate of drug-likeness (QED) is 0.644. The van der Waals surface area contributed by atoms with Crippen molar-refractivity contribution in [3.8, 4) is 0 Å². The molecule has 1 heterocycles. The van der Waals surface area contributed by atoms with Crippen LogP contribution in [-0.2, 0) is 9.53 Å². The number of H-pyrrole nitrogens is 1. The number of amides is 2. The SMILES string of the molecule is NC(=O)COCCNC(=O)c1cc(Br)c[nH]1. The number of rotatable bonds is 6. The van der Waals surface area contributed by atoms with E-state index in [4.69, 9.17) is 10.5 Å². The Balaban J connectivity index is 2.18. The maximum Gasteiger partial charge on any atom is 0.267 e. The van der Waals surface area contributed by atoms with Gasteiger partial charge in [0.05, 0.1) is 6.61 Å². The number of aromatic nitrogens is 1. The second kappa shape index (κ2) is 6.29. The van der Waals surface area contributed by atoms with E-state index in [1.165, 1.54) is 0 Å². The van der Waals surface area contributed by atoms with Gasteiger partial charge in [-0.05, 0) is 22.0 Å². The lowest BCUT2D eigenvalue weighted by molar-refractivity contribution is -0.122. The van der Waals surface area contributed by atoms with Gasteiger partial charge in [0.15, 0.2) is 0 Å². The van der Waals surface area contributed by atoms with Gasteiger partial charge in [-0.3, -0.25) is 9.59 Å². The average molecular weight is 290 g/mol. The fraction of sp³-hybridized carbons (Fsp3) is 0.333. The first-order valence-corrected chi connectivity index (χ1v) is 5.37. The van der Waals surface area contributed by atoms with E-state index in [9.17, 15) is 9.59 Å². The van der Waals surface area contributed by atoms with Crippen LogP contribution < -0.4 is 11.1 Å². The van der Waals surface area contributed by atoms with Crippen LogP contribution in [0.5, 0.6) is 0 Å². The van der Waals surface area contributed by atoms with Gasteiger partial charge < -0.3 is 20.8 Å². The molecule has 88 valence electrons. The lowest BCUT2D eigenvalue weighted by Crippen LogP contribution is -2.29. The van der Waals surface area contributed by atoms with Crippen LogP contribution in [0.4, 0.5) is 0 Å². The van der Waals surface area contributed by atoms with Crippen LogP contribution in [0.25, 0.3) is 0 Å². The molecule has 0 radical (unpaired) electrons. The Hall–Kier alpha value is -1.34. The van der Waals surface area contributed by atoms with Crippen molar-refractivity contribution in [2.24, 2.45) is 5.73 Å². The van der Waals surface area contributed by atoms with E-state index in [1.54, 1.807) is 12.3 Å². The maximum atomic E-state index is 11.4. The van der Waals surface area contributed by atoms with Gasteiger partial charge in [0, 0.05) is 17.2 Å². The zero-order valence-corrected chi connectivity index (χ0v) is 10.0. The molecule has 0 aromatic carbocycles. The molecule has 0 aliphatic rings. The first kappa shape index (κ1) is 12.7. The van der Waals surface area contributed by atoms with Crippen LogP contribution in [0.2, 0.25) is 0 Å². The van der Waals surface area contributed by atoms with Gasteiger partial charge in [0.1, 0.15) is 12.3 Å². The standard InChI is InChI=1S/C9H12BrN3O3/c10-6-3-7(13-4-6)9(15)12-1-2-16-5-8(11)14/h3-4,13H,1-2,5H2,(H2,11,14)(H,12,15). The maximum absolute atomic E-state index is 11.4. The summed E-state index contributed by atoms with van der Waals surface area (Å²) in [5.41, 5.74) is 5.33. The van der Waals surface area contributed by atoms with Crippen molar-refractivity contribution in [1.82, 2.24) is 10.3 Å². The summed E-state index contributed by atoms with van der Waals surface area (Å²) in [7, 11) is 0. The third-order valence-corrected chi connectivity index (χ3v) is 2.13. The molecular formula is C9H12BrN3O3. The van der Waals surface area contributed by atoms with Crippen LogP contribution in [0.3, 0.4) is 0 Å². The Morgan fingerprint density at radius 3 is 2.88 bits per heavy atom. The topological polar surface area (TPSA) is 97.2 Å². The van der Waals surface area contributed by atoms with E-state index in [1.807, 2.05) is 0 Å². The number of hydrogen-bond donors (Lipinski definition) is 3. The minimum atomic E-state index is -0.528. The predicted octanol–water partition coefficient (Wildman–Crippen LogP) is 0.00890. The van der Waals surface area contributed by atoms with Gasteiger partial charge in [-0.1, -0.05) is 0 Å². The summed E-state index contributed by atoms with van der Waals surface area (Å²) in [6.07, 6.45) is 1.67. The van der Waals surface area contributed by atoms with Gasteiger partial charge in [-0.25, -0.2) is 0 Å². The number of aromatic amines is 1. The molecule has 0 aliphatic carbocycles. The Labute approximate surface area is 101 Å². The predicted molar refractivity (Wildman–Crippen MR) is 60.8 cm³/mol. The molecule has 2 amide bonds. The second-order valence-electron chi connectivity index (χ2n) is 3.01. The molecule has 0 atom stereocenters. The van der Waals surface area contributed by atoms with Gasteiger partial charge in [-0.15, -0.1) is 0 Å². The first-order valence-electron chi connectivity index (χ1n) is 4.58. The summed E-state index contributed by atoms with van der Waals surface area (Å²) in [6.45, 7) is 0.434. The van der Waals surface area contributed by atoms with Crippen molar-refractivity contribution in [2.45, 2.75) is 0 Å². The van der Waals surface area contributed by atoms with Gasteiger partial charge in [-0.2, -0.15) is 0 Å². The molecule has 1 aromatic heterocycles. The molecule has 0 saturated heterocycles. The lowest BCUT2D eigenvalue weighted by Gasteiger charge is -2.03. The Morgan fingerprint density at radius 2 is 2.31 bits per heavy atom. The fourth-order valence-corrected chi connectivity index (χ4v) is 1.35. The van der Waals surface area contributed by atoms with Crippen molar-refractivity contribution in [3.63, 3.8) is 0 Å². The van der Waals surface area contributed by atoms with Crippen LogP contribution in [0, 0.1) is 0 Å². The number of carbonyl (C=O) groups is 2. The van der Waals surface area contributed by atoms with Crippen molar-refractivity contribution >= 4 is 27.7 Å². The summed E-state index contributed by atoms with van der Waals surface area (Å²) in [5.74, 6) is -0.756. The molecule has 4 N–H and O–H groups in total. The zero-order chi connectivity index (χ0) is 12.0. The fourth-order valence-electron chi connectivity index (χ4n) is 1.00. The minimum Gasteiger partial charge on any atom is -0.370 e. The van der Waals surface area contributed by atoms with Crippen molar-refractivity contribution in [1.29, 1.82) is 0 Å². The minimum absolute atomic E-state index is 0.135. The lowest BCUT2D eigenvalue weighted by atomic mass is 10.4. The highest BCUT2D eigenvalue weighted by Gasteiger charge is 2.06. The molecule has 16 heavy (non-hydrogen) atoms. The molecule has 1 aromatic rings. The number of ether oxygens (including phenoxy) is 1. The smallest absolute Gasteiger partial charge is 0.267 e. The van der Waals surface area contributed by atoms with E-state index in [2.05, 4.69) is 26.2 Å². The number of primary amides is 1. The Bertz CT molecular complexity index is 378. The molecule has 0 spiro atoms. The Morgan fingerprint density at radius 1 is 1.56 bits per heavy atom. The highest BCUT2D eigenvalue weighted by Crippen LogP contribution is 2.09. The molecule has 0 bridgehead atoms. The largest absolute Gasteiger partial charge is 0.370 e. The van der Waals surface area contributed by atoms with Gasteiger partial charge in [0.25, 0.3) is 5.91 Å². The van der Waals surface area contributed by atoms with E-state index >= 15 is 0 Å². The summed E-state index contributed by atoms with van der Waals surface area (Å²) >= 11 is 3.22. The Kier molecular flexibility index (Phi) is 5.00. The average Bonchev–Trinajstić information content (AvgIpc) is 2.63. The van der Waals surface area contributed by atoms with E-state index in [0.717, 1.165) is 4.47 Å². The van der Waals surface area contributed by atoms with Crippen LogP contribution in [0.1, 0.15) is 10.5 Å². The molecule has 0 unspecified atom stereocenters. The monoisotopic (exact) mass is 289 g/mol. The van der Waals surface area contributed by atoms with E-state index < -0.39 is 5.91 Å². The molecule has 0 saturated carbocycles. The van der Waals surface area contributed by atoms with E-state index in [0.29, 0.717) is 12.2 Å². The molecule has 0 fully saturated rings. The van der Waals surface area contributed by atoms with Gasteiger partial charge in [0.2, 0.25) is 5.91 Å². The number of nitrogens with one attached hydrogen (secondary N) is 2.